The molecule has 0 aliphatic heterocycles. The number of benzene rings is 1. The van der Waals surface area contributed by atoms with E-state index in [0.29, 0.717) is 23.0 Å². The van der Waals surface area contributed by atoms with Gasteiger partial charge in [-0.2, -0.15) is 5.10 Å². The van der Waals surface area contributed by atoms with Crippen LogP contribution in [0.4, 0.5) is 16.0 Å². The Balaban J connectivity index is 1.69. The molecular weight excluding hydrogens is 465 g/mol. The number of nitrogens with zero attached hydrogens (tertiary/aromatic N) is 6. The summed E-state index contributed by atoms with van der Waals surface area (Å²) in [7, 11) is 0. The molecule has 34 heavy (non-hydrogen) atoms. The van der Waals surface area contributed by atoms with Crippen LogP contribution in [-0.4, -0.2) is 34.9 Å². The standard InChI is InChI=1S/C21H17ClFN9O2/c1-9(28-19-17(18(24)25-8-26-19)20-31-29-10(2)34-20)14-7-11-13(23)4-3-12(22)16(11)21(33)32(14)15-5-6-27-30-15/h3-9H,1-2H3,(H,27,30)(H3,24,25,26,28)/t9-/m0/s1. The first-order valence-corrected chi connectivity index (χ1v) is 10.4. The first-order chi connectivity index (χ1) is 16.3. The number of aryl methyl sites for hydroxylation is 1. The van der Waals surface area contributed by atoms with Gasteiger partial charge >= 0.3 is 0 Å². The van der Waals surface area contributed by atoms with Gasteiger partial charge in [0.15, 0.2) is 5.82 Å². The number of aromatic nitrogens is 7. The quantitative estimate of drug-likeness (QED) is 0.342. The Kier molecular flexibility index (Phi) is 5.21. The van der Waals surface area contributed by atoms with Crippen molar-refractivity contribution in [3.05, 3.63) is 69.6 Å². The summed E-state index contributed by atoms with van der Waals surface area (Å²) < 4.78 is 21.6. The normalized spacial score (nSPS) is 12.2. The number of fused-ring (bicyclic) bond motifs is 1. The number of halogens is 2. The predicted octanol–water partition coefficient (Wildman–Crippen LogP) is 3.41. The van der Waals surface area contributed by atoms with Crippen molar-refractivity contribution >= 4 is 34.0 Å². The summed E-state index contributed by atoms with van der Waals surface area (Å²) >= 11 is 6.26. The second kappa shape index (κ2) is 8.23. The lowest BCUT2D eigenvalue weighted by atomic mass is 10.1. The van der Waals surface area contributed by atoms with E-state index in [4.69, 9.17) is 21.8 Å². The average molecular weight is 482 g/mol. The molecule has 11 nitrogen and oxygen atoms in total. The molecule has 0 fully saturated rings. The van der Waals surface area contributed by atoms with Gasteiger partial charge in [-0.1, -0.05) is 11.6 Å². The second-order valence-corrected chi connectivity index (χ2v) is 7.84. The molecule has 0 aliphatic carbocycles. The molecule has 0 unspecified atom stereocenters. The van der Waals surface area contributed by atoms with Gasteiger partial charge in [-0.3, -0.25) is 14.5 Å². The second-order valence-electron chi connectivity index (χ2n) is 7.43. The SMILES string of the molecule is Cc1nnc(-c2c(N)ncnc2N[C@@H](C)c2cc3c(F)ccc(Cl)c3c(=O)n2-c2cc[nH]n2)o1. The molecule has 5 aromatic rings. The van der Waals surface area contributed by atoms with Crippen molar-refractivity contribution in [2.75, 3.05) is 11.1 Å². The van der Waals surface area contributed by atoms with Gasteiger partial charge in [-0.05, 0) is 25.1 Å². The van der Waals surface area contributed by atoms with Gasteiger partial charge in [0, 0.05) is 24.6 Å². The summed E-state index contributed by atoms with van der Waals surface area (Å²) in [6, 6.07) is 5.13. The molecule has 1 atom stereocenters. The topological polar surface area (TPSA) is 153 Å². The van der Waals surface area contributed by atoms with Crippen LogP contribution in [0.2, 0.25) is 5.02 Å². The summed E-state index contributed by atoms with van der Waals surface area (Å²) in [5.41, 5.74) is 6.25. The molecule has 0 spiro atoms. The molecule has 0 aliphatic rings. The van der Waals surface area contributed by atoms with Gasteiger partial charge in [0.2, 0.25) is 5.89 Å². The number of H-pyrrole nitrogens is 1. The van der Waals surface area contributed by atoms with E-state index in [2.05, 4.69) is 35.7 Å². The number of nitrogens with two attached hydrogens (primary N) is 1. The Morgan fingerprint density at radius 3 is 2.79 bits per heavy atom. The maximum absolute atomic E-state index is 14.7. The van der Waals surface area contributed by atoms with Gasteiger partial charge < -0.3 is 15.5 Å². The molecule has 4 N–H and O–H groups in total. The summed E-state index contributed by atoms with van der Waals surface area (Å²) in [5, 5.41) is 18.1. The summed E-state index contributed by atoms with van der Waals surface area (Å²) in [6.07, 6.45) is 2.85. The van der Waals surface area contributed by atoms with E-state index < -0.39 is 17.4 Å². The highest BCUT2D eigenvalue weighted by Gasteiger charge is 2.23. The Hall–Kier alpha value is -4.32. The molecule has 5 rings (SSSR count). The molecule has 172 valence electrons. The number of anilines is 2. The van der Waals surface area contributed by atoms with Crippen LogP contribution in [0.1, 0.15) is 24.6 Å². The van der Waals surface area contributed by atoms with E-state index in [-0.39, 0.29) is 33.3 Å². The maximum atomic E-state index is 14.7. The van der Waals surface area contributed by atoms with Gasteiger partial charge in [0.05, 0.1) is 22.1 Å². The van der Waals surface area contributed by atoms with Crippen LogP contribution in [0.3, 0.4) is 0 Å². The Morgan fingerprint density at radius 1 is 1.26 bits per heavy atom. The molecule has 4 aromatic heterocycles. The van der Waals surface area contributed by atoms with Gasteiger partial charge in [-0.15, -0.1) is 10.2 Å². The fourth-order valence-electron chi connectivity index (χ4n) is 3.70. The number of rotatable bonds is 5. The number of nitrogen functional groups attached to an aromatic ring is 1. The number of aromatic amines is 1. The molecule has 0 saturated carbocycles. The fraction of sp³-hybridized carbons (Fsp3) is 0.143. The summed E-state index contributed by atoms with van der Waals surface area (Å²) in [4.78, 5) is 21.7. The molecular formula is C21H17ClFN9O2. The number of hydrogen-bond acceptors (Lipinski definition) is 9. The lowest BCUT2D eigenvalue weighted by molar-refractivity contribution is 0.532. The van der Waals surface area contributed by atoms with E-state index in [1.807, 2.05) is 0 Å². The van der Waals surface area contributed by atoms with Crippen LogP contribution in [0.5, 0.6) is 0 Å². The molecule has 1 aromatic carbocycles. The predicted molar refractivity (Wildman–Crippen MR) is 123 cm³/mol. The first-order valence-electron chi connectivity index (χ1n) is 10.1. The van der Waals surface area contributed by atoms with Crippen molar-refractivity contribution in [2.24, 2.45) is 0 Å². The van der Waals surface area contributed by atoms with Crippen molar-refractivity contribution in [2.45, 2.75) is 19.9 Å². The highest BCUT2D eigenvalue weighted by Crippen LogP contribution is 2.33. The highest BCUT2D eigenvalue weighted by molar-refractivity contribution is 6.35. The van der Waals surface area contributed by atoms with Gasteiger partial charge in [0.1, 0.15) is 29.3 Å². The van der Waals surface area contributed by atoms with Crippen molar-refractivity contribution in [3.8, 4) is 17.3 Å². The maximum Gasteiger partial charge on any atom is 0.266 e. The largest absolute Gasteiger partial charge is 0.421 e. The smallest absolute Gasteiger partial charge is 0.266 e. The van der Waals surface area contributed by atoms with E-state index in [1.54, 1.807) is 32.2 Å². The van der Waals surface area contributed by atoms with Crippen LogP contribution < -0.4 is 16.6 Å². The third-order valence-electron chi connectivity index (χ3n) is 5.24. The van der Waals surface area contributed by atoms with E-state index in [0.717, 1.165) is 0 Å². The highest BCUT2D eigenvalue weighted by atomic mass is 35.5. The van der Waals surface area contributed by atoms with Gasteiger partial charge in [-0.25, -0.2) is 14.4 Å². The molecule has 0 bridgehead atoms. The Labute approximate surface area is 195 Å². The zero-order chi connectivity index (χ0) is 24.0. The van der Waals surface area contributed by atoms with Crippen LogP contribution in [0.25, 0.3) is 28.0 Å². The minimum Gasteiger partial charge on any atom is -0.421 e. The zero-order valence-electron chi connectivity index (χ0n) is 17.9. The number of hydrogen-bond donors (Lipinski definition) is 3. The summed E-state index contributed by atoms with van der Waals surface area (Å²) in [6.45, 7) is 3.41. The fourth-order valence-corrected chi connectivity index (χ4v) is 3.94. The molecule has 4 heterocycles. The van der Waals surface area contributed by atoms with E-state index >= 15 is 0 Å². The van der Waals surface area contributed by atoms with Crippen molar-refractivity contribution in [1.82, 2.24) is 34.9 Å². The third-order valence-corrected chi connectivity index (χ3v) is 5.55. The molecule has 0 amide bonds. The Bertz CT molecular complexity index is 1580. The van der Waals surface area contributed by atoms with E-state index in [9.17, 15) is 9.18 Å². The minimum atomic E-state index is -0.593. The number of pyridine rings is 1. The minimum absolute atomic E-state index is 0.0499. The molecule has 0 saturated heterocycles. The van der Waals surface area contributed by atoms with Crippen LogP contribution in [0.15, 0.2) is 46.0 Å². The average Bonchev–Trinajstić information content (AvgIpc) is 3.48. The molecule has 13 heteroatoms. The monoisotopic (exact) mass is 481 g/mol. The lowest BCUT2D eigenvalue weighted by Gasteiger charge is -2.21. The first kappa shape index (κ1) is 21.5. The summed E-state index contributed by atoms with van der Waals surface area (Å²) in [5.74, 6) is 0.613. The van der Waals surface area contributed by atoms with Crippen molar-refractivity contribution in [1.29, 1.82) is 0 Å². The van der Waals surface area contributed by atoms with Crippen molar-refractivity contribution in [3.63, 3.8) is 0 Å². The lowest BCUT2D eigenvalue weighted by Crippen LogP contribution is -2.26. The van der Waals surface area contributed by atoms with Crippen molar-refractivity contribution < 1.29 is 8.81 Å². The molecule has 0 radical (unpaired) electrons. The van der Waals surface area contributed by atoms with Crippen LogP contribution >= 0.6 is 11.6 Å². The van der Waals surface area contributed by atoms with E-state index in [1.165, 1.54) is 23.0 Å². The van der Waals surface area contributed by atoms with Crippen LogP contribution in [-0.2, 0) is 0 Å². The number of nitrogens with one attached hydrogen (secondary N) is 2. The Morgan fingerprint density at radius 2 is 2.09 bits per heavy atom. The van der Waals surface area contributed by atoms with Gasteiger partial charge in [0.25, 0.3) is 11.4 Å². The van der Waals surface area contributed by atoms with Crippen LogP contribution in [0, 0.1) is 12.7 Å². The zero-order valence-corrected chi connectivity index (χ0v) is 18.6. The third kappa shape index (κ3) is 3.53.